The molecule has 130 valence electrons. The van der Waals surface area contributed by atoms with Crippen LogP contribution < -0.4 is 4.74 Å². The Balaban J connectivity index is 1.50. The maximum absolute atomic E-state index is 12.5. The molecule has 0 aliphatic heterocycles. The molecule has 2 aromatic heterocycles. The van der Waals surface area contributed by atoms with E-state index in [-0.39, 0.29) is 5.91 Å². The van der Waals surface area contributed by atoms with Crippen molar-refractivity contribution in [1.29, 1.82) is 0 Å². The molecule has 0 saturated carbocycles. The van der Waals surface area contributed by atoms with Crippen molar-refractivity contribution < 1.29 is 9.53 Å². The van der Waals surface area contributed by atoms with Crippen LogP contribution >= 0.6 is 34.3 Å². The molecule has 2 heterocycles. The average Bonchev–Trinajstić information content (AvgIpc) is 3.27. The maximum Gasteiger partial charge on any atom is 0.273 e. The highest BCUT2D eigenvalue weighted by Gasteiger charge is 2.16. The van der Waals surface area contributed by atoms with Crippen LogP contribution in [0.4, 0.5) is 0 Å². The van der Waals surface area contributed by atoms with Gasteiger partial charge in [0.05, 0.1) is 15.8 Å². The first-order valence-electron chi connectivity index (χ1n) is 7.78. The number of hydrogen-bond donors (Lipinski definition) is 0. The van der Waals surface area contributed by atoms with Crippen LogP contribution in [0, 0.1) is 0 Å². The quantitative estimate of drug-likeness (QED) is 0.527. The number of halogens is 1. The molecule has 3 rings (SSSR count). The van der Waals surface area contributed by atoms with E-state index >= 15 is 0 Å². The van der Waals surface area contributed by atoms with Crippen molar-refractivity contribution >= 4 is 40.2 Å². The van der Waals surface area contributed by atoms with Crippen molar-refractivity contribution in [2.24, 2.45) is 0 Å². The number of hydrogen-bond acceptors (Lipinski definition) is 5. The molecule has 25 heavy (non-hydrogen) atoms. The van der Waals surface area contributed by atoms with Gasteiger partial charge in [0.2, 0.25) is 0 Å². The number of carbonyl (C=O) groups is 1. The monoisotopic (exact) mass is 392 g/mol. The molecule has 1 amide bonds. The lowest BCUT2D eigenvalue weighted by molar-refractivity contribution is 0.0783. The van der Waals surface area contributed by atoms with Crippen LogP contribution in [0.3, 0.4) is 0 Å². The minimum Gasteiger partial charge on any atom is -0.494 e. The molecule has 0 aliphatic rings. The number of thiazole rings is 1. The Hall–Kier alpha value is -1.89. The van der Waals surface area contributed by atoms with Gasteiger partial charge < -0.3 is 9.64 Å². The van der Waals surface area contributed by atoms with E-state index in [0.717, 1.165) is 22.1 Å². The molecular formula is C18H17ClN2O2S2. The number of para-hydroxylation sites is 1. The zero-order chi connectivity index (χ0) is 17.6. The summed E-state index contributed by atoms with van der Waals surface area (Å²) in [6.45, 7) is 1.18. The van der Waals surface area contributed by atoms with Gasteiger partial charge >= 0.3 is 0 Å². The van der Waals surface area contributed by atoms with Gasteiger partial charge in [0.15, 0.2) is 0 Å². The zero-order valence-electron chi connectivity index (χ0n) is 13.6. The summed E-state index contributed by atoms with van der Waals surface area (Å²) in [6, 6.07) is 13.4. The van der Waals surface area contributed by atoms with E-state index in [4.69, 9.17) is 16.3 Å². The third kappa shape index (κ3) is 4.81. The Bertz CT molecular complexity index is 832. The molecule has 0 aliphatic carbocycles. The summed E-state index contributed by atoms with van der Waals surface area (Å²) in [5.74, 6) is 0.764. The smallest absolute Gasteiger partial charge is 0.273 e. The lowest BCUT2D eigenvalue weighted by atomic mass is 10.3. The Morgan fingerprint density at radius 1 is 1.24 bits per heavy atom. The summed E-state index contributed by atoms with van der Waals surface area (Å²) in [5, 5.41) is 2.61. The SMILES string of the molecule is CN(CCCOc1ccccc1)C(=O)c1csc(-c2ccc(Cl)s2)n1. The fraction of sp³-hybridized carbons (Fsp3) is 0.222. The third-order valence-electron chi connectivity index (χ3n) is 3.50. The lowest BCUT2D eigenvalue weighted by Crippen LogP contribution is -2.28. The van der Waals surface area contributed by atoms with Gasteiger partial charge in [0.25, 0.3) is 5.91 Å². The fourth-order valence-electron chi connectivity index (χ4n) is 2.22. The molecule has 0 radical (unpaired) electrons. The van der Waals surface area contributed by atoms with Crippen molar-refractivity contribution in [1.82, 2.24) is 9.88 Å². The largest absolute Gasteiger partial charge is 0.494 e. The third-order valence-corrected chi connectivity index (χ3v) is 5.75. The molecule has 7 heteroatoms. The van der Waals surface area contributed by atoms with E-state index in [0.29, 0.717) is 23.2 Å². The number of amides is 1. The summed E-state index contributed by atoms with van der Waals surface area (Å²) in [5.41, 5.74) is 0.469. The molecule has 0 bridgehead atoms. The first-order valence-corrected chi connectivity index (χ1v) is 9.85. The molecule has 3 aromatic rings. The summed E-state index contributed by atoms with van der Waals surface area (Å²) >= 11 is 8.87. The second kappa shape index (κ2) is 8.47. The molecule has 0 fully saturated rings. The van der Waals surface area contributed by atoms with Gasteiger partial charge in [-0.15, -0.1) is 22.7 Å². The number of rotatable bonds is 7. The highest BCUT2D eigenvalue weighted by molar-refractivity contribution is 7.23. The second-order valence-corrected chi connectivity index (χ2v) is 7.96. The highest BCUT2D eigenvalue weighted by Crippen LogP contribution is 2.33. The predicted octanol–water partition coefficient (Wildman–Crippen LogP) is 5.07. The van der Waals surface area contributed by atoms with Crippen molar-refractivity contribution in [2.75, 3.05) is 20.2 Å². The second-order valence-electron chi connectivity index (χ2n) is 5.38. The molecule has 1 aromatic carbocycles. The Labute approximate surface area is 159 Å². The first-order chi connectivity index (χ1) is 12.1. The van der Waals surface area contributed by atoms with Gasteiger partial charge in [0.1, 0.15) is 16.5 Å². The van der Waals surface area contributed by atoms with Gasteiger partial charge in [-0.1, -0.05) is 29.8 Å². The fourth-order valence-corrected chi connectivity index (χ4v) is 4.13. The standard InChI is InChI=1S/C18H17ClN2O2S2/c1-21(10-5-11-23-13-6-3-2-4-7-13)18(22)14-12-24-17(20-14)15-8-9-16(19)25-15/h2-4,6-9,12H,5,10-11H2,1H3. The number of carbonyl (C=O) groups excluding carboxylic acids is 1. The molecule has 0 N–H and O–H groups in total. The lowest BCUT2D eigenvalue weighted by Gasteiger charge is -2.16. The number of thiophene rings is 1. The Kier molecular flexibility index (Phi) is 6.07. The summed E-state index contributed by atoms with van der Waals surface area (Å²) < 4.78 is 6.36. The molecule has 0 saturated heterocycles. The topological polar surface area (TPSA) is 42.4 Å². The number of aromatic nitrogens is 1. The Morgan fingerprint density at radius 2 is 2.04 bits per heavy atom. The van der Waals surface area contributed by atoms with Gasteiger partial charge in [-0.05, 0) is 30.7 Å². The van der Waals surface area contributed by atoms with Crippen molar-refractivity contribution in [3.8, 4) is 15.6 Å². The van der Waals surface area contributed by atoms with E-state index in [2.05, 4.69) is 4.98 Å². The van der Waals surface area contributed by atoms with Crippen molar-refractivity contribution in [3.63, 3.8) is 0 Å². The molecule has 0 atom stereocenters. The minimum atomic E-state index is -0.0788. The number of benzene rings is 1. The van der Waals surface area contributed by atoms with Crippen molar-refractivity contribution in [2.45, 2.75) is 6.42 Å². The summed E-state index contributed by atoms with van der Waals surface area (Å²) in [7, 11) is 1.78. The average molecular weight is 393 g/mol. The van der Waals surface area contributed by atoms with Crippen LogP contribution in [0.25, 0.3) is 9.88 Å². The Morgan fingerprint density at radius 3 is 2.76 bits per heavy atom. The van der Waals surface area contributed by atoms with Gasteiger partial charge in [0, 0.05) is 19.0 Å². The van der Waals surface area contributed by atoms with Gasteiger partial charge in [-0.25, -0.2) is 4.98 Å². The summed E-state index contributed by atoms with van der Waals surface area (Å²) in [6.07, 6.45) is 0.759. The van der Waals surface area contributed by atoms with E-state index in [1.165, 1.54) is 22.7 Å². The van der Waals surface area contributed by atoms with Gasteiger partial charge in [-0.2, -0.15) is 0 Å². The van der Waals surface area contributed by atoms with E-state index in [1.807, 2.05) is 42.5 Å². The molecular weight excluding hydrogens is 376 g/mol. The number of nitrogens with zero attached hydrogens (tertiary/aromatic N) is 2. The van der Waals surface area contributed by atoms with Crippen LogP contribution in [0.5, 0.6) is 5.75 Å². The molecule has 0 unspecified atom stereocenters. The van der Waals surface area contributed by atoms with Crippen LogP contribution in [-0.2, 0) is 0 Å². The van der Waals surface area contributed by atoms with E-state index in [1.54, 1.807) is 17.3 Å². The van der Waals surface area contributed by atoms with Gasteiger partial charge in [-0.3, -0.25) is 4.79 Å². The molecule has 0 spiro atoms. The van der Waals surface area contributed by atoms with Crippen LogP contribution in [0.2, 0.25) is 4.34 Å². The maximum atomic E-state index is 12.5. The zero-order valence-corrected chi connectivity index (χ0v) is 16.0. The predicted molar refractivity (Wildman–Crippen MR) is 104 cm³/mol. The van der Waals surface area contributed by atoms with Crippen LogP contribution in [-0.4, -0.2) is 36.0 Å². The van der Waals surface area contributed by atoms with Crippen molar-refractivity contribution in [3.05, 3.63) is 57.9 Å². The van der Waals surface area contributed by atoms with E-state index < -0.39 is 0 Å². The number of ether oxygens (including phenoxy) is 1. The minimum absolute atomic E-state index is 0.0788. The highest BCUT2D eigenvalue weighted by atomic mass is 35.5. The molecule has 4 nitrogen and oxygen atoms in total. The summed E-state index contributed by atoms with van der Waals surface area (Å²) in [4.78, 5) is 19.6. The van der Waals surface area contributed by atoms with Crippen LogP contribution in [0.1, 0.15) is 16.9 Å². The normalized spacial score (nSPS) is 10.6. The van der Waals surface area contributed by atoms with Crippen LogP contribution in [0.15, 0.2) is 47.8 Å². The van der Waals surface area contributed by atoms with E-state index in [9.17, 15) is 4.79 Å². The first kappa shape index (κ1) is 17.9.